The number of aromatic amines is 1. The molecule has 0 radical (unpaired) electrons. The highest BCUT2D eigenvalue weighted by Crippen LogP contribution is 2.17. The van der Waals surface area contributed by atoms with Crippen LogP contribution in [0, 0.1) is 6.92 Å². The Morgan fingerprint density at radius 1 is 1.50 bits per heavy atom. The van der Waals surface area contributed by atoms with Crippen molar-refractivity contribution in [3.63, 3.8) is 0 Å². The van der Waals surface area contributed by atoms with Crippen LogP contribution in [0.2, 0.25) is 5.02 Å². The van der Waals surface area contributed by atoms with E-state index in [0.29, 0.717) is 10.8 Å². The monoisotopic (exact) mass is 291 g/mol. The van der Waals surface area contributed by atoms with E-state index < -0.39 is 0 Å². The van der Waals surface area contributed by atoms with Gasteiger partial charge in [-0.05, 0) is 37.1 Å². The Hall–Kier alpha value is -2.21. The van der Waals surface area contributed by atoms with Crippen LogP contribution in [-0.2, 0) is 4.79 Å². The summed E-state index contributed by atoms with van der Waals surface area (Å²) in [6.07, 6.45) is 3.14. The molecule has 6 nitrogen and oxygen atoms in total. The zero-order valence-corrected chi connectivity index (χ0v) is 11.8. The fraction of sp³-hybridized carbons (Fsp3) is 0.231. The van der Waals surface area contributed by atoms with E-state index in [9.17, 15) is 4.79 Å². The Labute approximate surface area is 121 Å². The third-order valence-corrected chi connectivity index (χ3v) is 3.14. The molecule has 2 N–H and O–H groups in total. The number of benzene rings is 1. The van der Waals surface area contributed by atoms with Gasteiger partial charge in [0.25, 0.3) is 0 Å². The van der Waals surface area contributed by atoms with Crippen molar-refractivity contribution in [3.05, 3.63) is 46.2 Å². The molecule has 0 saturated heterocycles. The summed E-state index contributed by atoms with van der Waals surface area (Å²) in [5.74, 6) is 0.198. The van der Waals surface area contributed by atoms with Crippen molar-refractivity contribution >= 4 is 23.6 Å². The van der Waals surface area contributed by atoms with Crippen LogP contribution in [0.25, 0.3) is 6.08 Å². The van der Waals surface area contributed by atoms with Crippen LogP contribution in [0.15, 0.2) is 24.3 Å². The molecule has 1 aromatic heterocycles. The summed E-state index contributed by atoms with van der Waals surface area (Å²) in [5, 5.41) is 16.8. The largest absolute Gasteiger partial charge is 0.343 e. The standard InChI is InChI=1S/C13H14ClN5O/c1-8-3-4-10(7-11(8)14)5-6-12(20)15-9(2)13-16-18-19-17-13/h3-7,9H,1-2H3,(H,15,20)(H,16,17,18,19). The topological polar surface area (TPSA) is 83.6 Å². The minimum absolute atomic E-state index is 0.237. The van der Waals surface area contributed by atoms with E-state index in [0.717, 1.165) is 11.1 Å². The lowest BCUT2D eigenvalue weighted by molar-refractivity contribution is -0.117. The van der Waals surface area contributed by atoms with Crippen molar-refractivity contribution in [2.24, 2.45) is 0 Å². The van der Waals surface area contributed by atoms with Crippen LogP contribution in [0.1, 0.15) is 29.9 Å². The van der Waals surface area contributed by atoms with E-state index in [1.54, 1.807) is 13.0 Å². The average molecular weight is 292 g/mol. The maximum Gasteiger partial charge on any atom is 0.244 e. The van der Waals surface area contributed by atoms with Gasteiger partial charge in [-0.25, -0.2) is 0 Å². The molecular formula is C13H14ClN5O. The highest BCUT2D eigenvalue weighted by atomic mass is 35.5. The first-order chi connectivity index (χ1) is 9.56. The number of rotatable bonds is 4. The van der Waals surface area contributed by atoms with Gasteiger partial charge in [-0.3, -0.25) is 4.79 Å². The molecule has 1 heterocycles. The minimum Gasteiger partial charge on any atom is -0.343 e. The van der Waals surface area contributed by atoms with Crippen molar-refractivity contribution < 1.29 is 4.79 Å². The van der Waals surface area contributed by atoms with E-state index in [1.165, 1.54) is 6.08 Å². The maximum absolute atomic E-state index is 11.8. The molecule has 0 aliphatic heterocycles. The molecule has 2 rings (SSSR count). The molecule has 0 aliphatic carbocycles. The summed E-state index contributed by atoms with van der Waals surface area (Å²) in [6, 6.07) is 5.30. The maximum atomic E-state index is 11.8. The molecule has 0 bridgehead atoms. The van der Waals surface area contributed by atoms with Crippen LogP contribution in [0.5, 0.6) is 0 Å². The molecule has 1 atom stereocenters. The summed E-state index contributed by atoms with van der Waals surface area (Å²) in [6.45, 7) is 3.70. The van der Waals surface area contributed by atoms with E-state index in [1.807, 2.05) is 25.1 Å². The lowest BCUT2D eigenvalue weighted by atomic mass is 10.1. The van der Waals surface area contributed by atoms with Gasteiger partial charge >= 0.3 is 0 Å². The normalized spacial score (nSPS) is 12.6. The van der Waals surface area contributed by atoms with E-state index in [2.05, 4.69) is 25.9 Å². The van der Waals surface area contributed by atoms with E-state index in [4.69, 9.17) is 11.6 Å². The minimum atomic E-state index is -0.312. The van der Waals surface area contributed by atoms with Gasteiger partial charge in [0.1, 0.15) is 0 Å². The summed E-state index contributed by atoms with van der Waals surface area (Å²) >= 11 is 6.02. The zero-order valence-electron chi connectivity index (χ0n) is 11.1. The molecule has 1 aromatic carbocycles. The number of H-pyrrole nitrogens is 1. The number of hydrogen-bond acceptors (Lipinski definition) is 4. The van der Waals surface area contributed by atoms with Crippen molar-refractivity contribution in [2.75, 3.05) is 0 Å². The second-order valence-corrected chi connectivity index (χ2v) is 4.75. The number of tetrazole rings is 1. The first-order valence-electron chi connectivity index (χ1n) is 6.04. The molecule has 0 saturated carbocycles. The fourth-order valence-corrected chi connectivity index (χ4v) is 1.75. The number of amides is 1. The molecule has 104 valence electrons. The van der Waals surface area contributed by atoms with Gasteiger partial charge in [0, 0.05) is 11.1 Å². The number of nitrogens with zero attached hydrogens (tertiary/aromatic N) is 3. The third kappa shape index (κ3) is 3.64. The second kappa shape index (κ2) is 6.29. The molecule has 0 fully saturated rings. The number of carbonyl (C=O) groups is 1. The highest BCUT2D eigenvalue weighted by molar-refractivity contribution is 6.31. The number of aryl methyl sites for hydroxylation is 1. The SMILES string of the molecule is Cc1ccc(C=CC(=O)NC(C)c2nn[nH]n2)cc1Cl. The average Bonchev–Trinajstić information content (AvgIpc) is 2.94. The zero-order chi connectivity index (χ0) is 14.5. The smallest absolute Gasteiger partial charge is 0.244 e. The predicted molar refractivity (Wildman–Crippen MR) is 76.0 cm³/mol. The van der Waals surface area contributed by atoms with Gasteiger partial charge in [-0.1, -0.05) is 28.9 Å². The van der Waals surface area contributed by atoms with Crippen molar-refractivity contribution in [2.45, 2.75) is 19.9 Å². The van der Waals surface area contributed by atoms with Crippen LogP contribution < -0.4 is 5.32 Å². The first-order valence-corrected chi connectivity index (χ1v) is 6.42. The Morgan fingerprint density at radius 3 is 2.95 bits per heavy atom. The van der Waals surface area contributed by atoms with Gasteiger partial charge in [0.05, 0.1) is 6.04 Å². The summed E-state index contributed by atoms with van der Waals surface area (Å²) in [4.78, 5) is 11.8. The van der Waals surface area contributed by atoms with Gasteiger partial charge < -0.3 is 5.32 Å². The Bertz CT molecular complexity index is 624. The summed E-state index contributed by atoms with van der Waals surface area (Å²) < 4.78 is 0. The Balaban J connectivity index is 1.97. The van der Waals surface area contributed by atoms with Gasteiger partial charge in [-0.15, -0.1) is 10.2 Å². The van der Waals surface area contributed by atoms with E-state index >= 15 is 0 Å². The van der Waals surface area contributed by atoms with Crippen molar-refractivity contribution in [1.82, 2.24) is 25.9 Å². The number of aromatic nitrogens is 4. The fourth-order valence-electron chi connectivity index (χ4n) is 1.56. The molecule has 1 unspecified atom stereocenters. The quantitative estimate of drug-likeness (QED) is 0.845. The number of halogens is 1. The summed E-state index contributed by atoms with van der Waals surface area (Å²) in [5.41, 5.74) is 1.86. The molecule has 2 aromatic rings. The van der Waals surface area contributed by atoms with Crippen LogP contribution >= 0.6 is 11.6 Å². The number of hydrogen-bond donors (Lipinski definition) is 2. The van der Waals surface area contributed by atoms with Crippen LogP contribution in [-0.4, -0.2) is 26.5 Å². The first kappa shape index (κ1) is 14.2. The molecular weight excluding hydrogens is 278 g/mol. The number of nitrogens with one attached hydrogen (secondary N) is 2. The molecule has 7 heteroatoms. The van der Waals surface area contributed by atoms with Gasteiger partial charge in [0.2, 0.25) is 5.91 Å². The molecule has 1 amide bonds. The third-order valence-electron chi connectivity index (χ3n) is 2.73. The number of carbonyl (C=O) groups excluding carboxylic acids is 1. The Kier molecular flexibility index (Phi) is 4.47. The molecule has 0 aliphatic rings. The van der Waals surface area contributed by atoms with Crippen LogP contribution in [0.4, 0.5) is 0 Å². The van der Waals surface area contributed by atoms with Gasteiger partial charge in [0.15, 0.2) is 5.82 Å². The Morgan fingerprint density at radius 2 is 2.30 bits per heavy atom. The van der Waals surface area contributed by atoms with E-state index in [-0.39, 0.29) is 11.9 Å². The lowest BCUT2D eigenvalue weighted by Crippen LogP contribution is -2.25. The van der Waals surface area contributed by atoms with Gasteiger partial charge in [-0.2, -0.15) is 5.21 Å². The molecule has 20 heavy (non-hydrogen) atoms. The van der Waals surface area contributed by atoms with Crippen LogP contribution in [0.3, 0.4) is 0 Å². The van der Waals surface area contributed by atoms with Crippen molar-refractivity contribution in [3.8, 4) is 0 Å². The van der Waals surface area contributed by atoms with Crippen molar-refractivity contribution in [1.29, 1.82) is 0 Å². The predicted octanol–water partition coefficient (Wildman–Crippen LogP) is 2.05. The molecule has 0 spiro atoms. The lowest BCUT2D eigenvalue weighted by Gasteiger charge is -2.07. The second-order valence-electron chi connectivity index (χ2n) is 4.34. The highest BCUT2D eigenvalue weighted by Gasteiger charge is 2.11. The summed E-state index contributed by atoms with van der Waals surface area (Å²) in [7, 11) is 0.